The maximum Gasteiger partial charge on any atom is 0.338 e. The van der Waals surface area contributed by atoms with Gasteiger partial charge in [-0.3, -0.25) is 4.79 Å². The lowest BCUT2D eigenvalue weighted by Gasteiger charge is -2.30. The largest absolute Gasteiger partial charge is 0.462 e. The molecule has 7 heteroatoms. The van der Waals surface area contributed by atoms with Crippen molar-refractivity contribution in [2.45, 2.75) is 39.2 Å². The molecule has 1 aliphatic rings. The van der Waals surface area contributed by atoms with E-state index in [1.165, 1.54) is 0 Å². The number of benzene rings is 2. The number of carbonyl (C=O) groups excluding carboxylic acids is 3. The second-order valence-electron chi connectivity index (χ2n) is 7.85. The number of hydrogen-bond acceptors (Lipinski definition) is 4. The number of carbonyl (C=O) groups is 3. The predicted molar refractivity (Wildman–Crippen MR) is 123 cm³/mol. The summed E-state index contributed by atoms with van der Waals surface area (Å²) < 4.78 is 4.99. The second-order valence-corrected chi connectivity index (χ2v) is 7.85. The summed E-state index contributed by atoms with van der Waals surface area (Å²) >= 11 is 0. The van der Waals surface area contributed by atoms with Gasteiger partial charge in [0.05, 0.1) is 18.2 Å². The van der Waals surface area contributed by atoms with Crippen LogP contribution in [0.25, 0.3) is 0 Å². The van der Waals surface area contributed by atoms with Crippen LogP contribution in [0.3, 0.4) is 0 Å². The number of nitrogens with one attached hydrogen (secondary N) is 1. The number of urea groups is 1. The van der Waals surface area contributed by atoms with Gasteiger partial charge in [-0.15, -0.1) is 0 Å². The molecule has 0 spiro atoms. The van der Waals surface area contributed by atoms with Gasteiger partial charge in [0, 0.05) is 31.7 Å². The van der Waals surface area contributed by atoms with E-state index >= 15 is 0 Å². The van der Waals surface area contributed by atoms with E-state index in [-0.39, 0.29) is 24.4 Å². The summed E-state index contributed by atoms with van der Waals surface area (Å²) in [7, 11) is 0. The third-order valence-electron chi connectivity index (χ3n) is 5.68. The van der Waals surface area contributed by atoms with Gasteiger partial charge < -0.3 is 19.9 Å². The van der Waals surface area contributed by atoms with Crippen LogP contribution in [-0.4, -0.2) is 53.9 Å². The lowest BCUT2D eigenvalue weighted by atomic mass is 10.1. The maximum atomic E-state index is 13.2. The molecule has 7 nitrogen and oxygen atoms in total. The zero-order chi connectivity index (χ0) is 22.9. The van der Waals surface area contributed by atoms with E-state index in [0.29, 0.717) is 24.4 Å². The fraction of sp³-hybridized carbons (Fsp3) is 0.400. The fourth-order valence-corrected chi connectivity index (χ4v) is 3.82. The number of esters is 1. The Morgan fingerprint density at radius 2 is 1.69 bits per heavy atom. The molecule has 0 aromatic heterocycles. The summed E-state index contributed by atoms with van der Waals surface area (Å²) in [4.78, 5) is 41.1. The first kappa shape index (κ1) is 23.3. The van der Waals surface area contributed by atoms with Crippen molar-refractivity contribution < 1.29 is 19.1 Å². The van der Waals surface area contributed by atoms with Gasteiger partial charge >= 0.3 is 12.0 Å². The minimum Gasteiger partial charge on any atom is -0.462 e. The third kappa shape index (κ3) is 6.09. The average molecular weight is 438 g/mol. The first-order valence-corrected chi connectivity index (χ1v) is 11.2. The van der Waals surface area contributed by atoms with E-state index in [0.717, 1.165) is 31.5 Å². The van der Waals surface area contributed by atoms with E-state index in [9.17, 15) is 14.4 Å². The second kappa shape index (κ2) is 11.3. The molecule has 1 aliphatic heterocycles. The number of likely N-dealkylation sites (tertiary alicyclic amines) is 1. The highest BCUT2D eigenvalue weighted by Crippen LogP contribution is 2.22. The Morgan fingerprint density at radius 3 is 2.31 bits per heavy atom. The molecule has 3 rings (SSSR count). The molecule has 2 aromatic carbocycles. The van der Waals surface area contributed by atoms with Crippen LogP contribution < -0.4 is 5.32 Å². The molecule has 1 saturated heterocycles. The van der Waals surface area contributed by atoms with Crippen LogP contribution in [0.5, 0.6) is 0 Å². The smallest absolute Gasteiger partial charge is 0.338 e. The maximum absolute atomic E-state index is 13.2. The van der Waals surface area contributed by atoms with Crippen molar-refractivity contribution >= 4 is 23.6 Å². The molecule has 2 aromatic rings. The quantitative estimate of drug-likeness (QED) is 0.618. The molecular formula is C25H31N3O4. The number of rotatable bonds is 8. The molecule has 1 unspecified atom stereocenters. The van der Waals surface area contributed by atoms with Gasteiger partial charge in [-0.05, 0) is 56.5 Å². The summed E-state index contributed by atoms with van der Waals surface area (Å²) in [5.41, 5.74) is 1.99. The Hall–Kier alpha value is -3.35. The monoisotopic (exact) mass is 437 g/mol. The van der Waals surface area contributed by atoms with Gasteiger partial charge in [0.1, 0.15) is 0 Å². The number of hydrogen-bond donors (Lipinski definition) is 1. The van der Waals surface area contributed by atoms with Crippen LogP contribution >= 0.6 is 0 Å². The van der Waals surface area contributed by atoms with E-state index in [2.05, 4.69) is 5.32 Å². The van der Waals surface area contributed by atoms with Gasteiger partial charge in [-0.25, -0.2) is 9.59 Å². The molecule has 1 atom stereocenters. The molecule has 32 heavy (non-hydrogen) atoms. The van der Waals surface area contributed by atoms with E-state index < -0.39 is 5.97 Å². The predicted octanol–water partition coefficient (Wildman–Crippen LogP) is 4.47. The number of anilines is 1. The molecule has 1 fully saturated rings. The summed E-state index contributed by atoms with van der Waals surface area (Å²) in [6, 6.07) is 15.8. The minimum atomic E-state index is -0.398. The highest BCUT2D eigenvalue weighted by Gasteiger charge is 2.25. The van der Waals surface area contributed by atoms with Crippen LogP contribution in [0.15, 0.2) is 54.6 Å². The topological polar surface area (TPSA) is 79.0 Å². The van der Waals surface area contributed by atoms with Gasteiger partial charge in [-0.2, -0.15) is 0 Å². The standard InChI is InChI=1S/C25H31N3O4/c1-3-32-24(30)21-11-13-22(14-12-21)26-25(31)28(19(2)20-9-5-4-6-10-20)18-15-23(29)27-16-7-8-17-27/h4-6,9-14,19H,3,7-8,15-18H2,1-2H3,(H,26,31). The summed E-state index contributed by atoms with van der Waals surface area (Å²) in [6.07, 6.45) is 2.36. The number of amides is 3. The van der Waals surface area contributed by atoms with Crippen LogP contribution in [0, 0.1) is 0 Å². The Bertz CT molecular complexity index is 909. The molecular weight excluding hydrogens is 406 g/mol. The average Bonchev–Trinajstić information content (AvgIpc) is 3.35. The van der Waals surface area contributed by atoms with Crippen molar-refractivity contribution in [2.24, 2.45) is 0 Å². The summed E-state index contributed by atoms with van der Waals surface area (Å²) in [6.45, 7) is 5.93. The zero-order valence-electron chi connectivity index (χ0n) is 18.8. The Balaban J connectivity index is 1.70. The first-order chi connectivity index (χ1) is 15.5. The van der Waals surface area contributed by atoms with Crippen LogP contribution in [0.1, 0.15) is 55.1 Å². The summed E-state index contributed by atoms with van der Waals surface area (Å²) in [5.74, 6) is -0.315. The van der Waals surface area contributed by atoms with E-state index in [1.807, 2.05) is 42.2 Å². The van der Waals surface area contributed by atoms with Gasteiger partial charge in [0.25, 0.3) is 0 Å². The Labute approximate surface area is 189 Å². The van der Waals surface area contributed by atoms with Crippen LogP contribution in [-0.2, 0) is 9.53 Å². The first-order valence-electron chi connectivity index (χ1n) is 11.2. The van der Waals surface area contributed by atoms with Crippen molar-refractivity contribution in [1.29, 1.82) is 0 Å². The summed E-state index contributed by atoms with van der Waals surface area (Å²) in [5, 5.41) is 2.89. The third-order valence-corrected chi connectivity index (χ3v) is 5.68. The molecule has 0 saturated carbocycles. The highest BCUT2D eigenvalue weighted by atomic mass is 16.5. The minimum absolute atomic E-state index is 0.0827. The lowest BCUT2D eigenvalue weighted by molar-refractivity contribution is -0.130. The molecule has 1 heterocycles. The van der Waals surface area contributed by atoms with Gasteiger partial charge in [0.15, 0.2) is 0 Å². The van der Waals surface area contributed by atoms with E-state index in [4.69, 9.17) is 4.74 Å². The van der Waals surface area contributed by atoms with Crippen molar-refractivity contribution in [3.8, 4) is 0 Å². The van der Waals surface area contributed by atoms with Crippen LogP contribution in [0.2, 0.25) is 0 Å². The van der Waals surface area contributed by atoms with Crippen molar-refractivity contribution in [3.63, 3.8) is 0 Å². The van der Waals surface area contributed by atoms with E-state index in [1.54, 1.807) is 36.1 Å². The molecule has 0 aliphatic carbocycles. The fourth-order valence-electron chi connectivity index (χ4n) is 3.82. The zero-order valence-corrected chi connectivity index (χ0v) is 18.8. The molecule has 0 bridgehead atoms. The number of ether oxygens (including phenoxy) is 1. The lowest BCUT2D eigenvalue weighted by Crippen LogP contribution is -2.40. The van der Waals surface area contributed by atoms with Crippen molar-refractivity contribution in [3.05, 3.63) is 65.7 Å². The SMILES string of the molecule is CCOC(=O)c1ccc(NC(=O)N(CCC(=O)N2CCCC2)C(C)c2ccccc2)cc1. The molecule has 1 N–H and O–H groups in total. The Kier molecular flexibility index (Phi) is 8.25. The van der Waals surface area contributed by atoms with Crippen molar-refractivity contribution in [1.82, 2.24) is 9.80 Å². The highest BCUT2D eigenvalue weighted by molar-refractivity contribution is 5.92. The van der Waals surface area contributed by atoms with Gasteiger partial charge in [0.2, 0.25) is 5.91 Å². The molecule has 3 amide bonds. The van der Waals surface area contributed by atoms with Crippen molar-refractivity contribution in [2.75, 3.05) is 31.6 Å². The normalized spacial score (nSPS) is 14.0. The van der Waals surface area contributed by atoms with Crippen LogP contribution in [0.4, 0.5) is 10.5 Å². The number of nitrogens with zero attached hydrogens (tertiary/aromatic N) is 2. The molecule has 0 radical (unpaired) electrons. The van der Waals surface area contributed by atoms with Gasteiger partial charge in [-0.1, -0.05) is 30.3 Å². The molecule has 170 valence electrons. The Morgan fingerprint density at radius 1 is 1.03 bits per heavy atom.